The van der Waals surface area contributed by atoms with Crippen molar-refractivity contribution in [2.24, 2.45) is 0 Å². The molecule has 2 amide bonds. The lowest BCUT2D eigenvalue weighted by molar-refractivity contribution is -0.129. The van der Waals surface area contributed by atoms with Gasteiger partial charge >= 0.3 is 0 Å². The standard InChI is InChI=1S/C16H22N2O3/c1-16(2,3)17-9-12(19)10-18-14(20)8-11-6-4-5-7-13(11)15(18)21/h4-7,12,17,19H,8-10H2,1-3H3. The Hall–Kier alpha value is -1.72. The second kappa shape index (κ2) is 5.95. The lowest BCUT2D eigenvalue weighted by Gasteiger charge is -2.30. The van der Waals surface area contributed by atoms with Crippen molar-refractivity contribution in [3.63, 3.8) is 0 Å². The van der Waals surface area contributed by atoms with Crippen molar-refractivity contribution in [3.05, 3.63) is 35.4 Å². The quantitative estimate of drug-likeness (QED) is 0.810. The molecule has 1 atom stereocenters. The van der Waals surface area contributed by atoms with Gasteiger partial charge < -0.3 is 10.4 Å². The summed E-state index contributed by atoms with van der Waals surface area (Å²) in [6.07, 6.45) is -0.566. The zero-order valence-electron chi connectivity index (χ0n) is 12.7. The monoisotopic (exact) mass is 290 g/mol. The third kappa shape index (κ3) is 3.89. The SMILES string of the molecule is CC(C)(C)NCC(O)CN1C(=O)Cc2ccccc2C1=O. The summed E-state index contributed by atoms with van der Waals surface area (Å²) in [6, 6.07) is 7.11. The molecule has 1 aliphatic rings. The molecule has 0 fully saturated rings. The second-order valence-electron chi connectivity index (χ2n) is 6.43. The van der Waals surface area contributed by atoms with Crippen LogP contribution in [-0.2, 0) is 11.2 Å². The minimum atomic E-state index is -0.776. The predicted molar refractivity (Wildman–Crippen MR) is 80.0 cm³/mol. The zero-order chi connectivity index (χ0) is 15.6. The topological polar surface area (TPSA) is 69.6 Å². The van der Waals surface area contributed by atoms with E-state index < -0.39 is 6.10 Å². The van der Waals surface area contributed by atoms with Gasteiger partial charge in [-0.3, -0.25) is 14.5 Å². The van der Waals surface area contributed by atoms with Crippen LogP contribution in [0.1, 0.15) is 36.7 Å². The van der Waals surface area contributed by atoms with Gasteiger partial charge in [-0.15, -0.1) is 0 Å². The van der Waals surface area contributed by atoms with Gasteiger partial charge in [0.15, 0.2) is 0 Å². The van der Waals surface area contributed by atoms with Crippen molar-refractivity contribution in [2.45, 2.75) is 38.8 Å². The molecule has 0 saturated carbocycles. The summed E-state index contributed by atoms with van der Waals surface area (Å²) in [7, 11) is 0. The van der Waals surface area contributed by atoms with Gasteiger partial charge in [-0.05, 0) is 32.4 Å². The van der Waals surface area contributed by atoms with E-state index in [-0.39, 0.29) is 30.3 Å². The highest BCUT2D eigenvalue weighted by atomic mass is 16.3. The van der Waals surface area contributed by atoms with Crippen molar-refractivity contribution in [1.29, 1.82) is 0 Å². The van der Waals surface area contributed by atoms with Crippen LogP contribution in [0.3, 0.4) is 0 Å². The molecular formula is C16H22N2O3. The largest absolute Gasteiger partial charge is 0.390 e. The predicted octanol–water partition coefficient (Wildman–Crippen LogP) is 0.960. The van der Waals surface area contributed by atoms with E-state index in [4.69, 9.17) is 0 Å². The summed E-state index contributed by atoms with van der Waals surface area (Å²) >= 11 is 0. The molecule has 0 spiro atoms. The highest BCUT2D eigenvalue weighted by molar-refractivity contribution is 6.09. The lowest BCUT2D eigenvalue weighted by atomic mass is 9.98. The van der Waals surface area contributed by atoms with Crippen LogP contribution in [0.15, 0.2) is 24.3 Å². The number of nitrogens with one attached hydrogen (secondary N) is 1. The maximum Gasteiger partial charge on any atom is 0.260 e. The number of imide groups is 1. The number of rotatable bonds is 4. The Balaban J connectivity index is 2.04. The van der Waals surface area contributed by atoms with Gasteiger partial charge in [0.2, 0.25) is 5.91 Å². The third-order valence-electron chi connectivity index (χ3n) is 3.40. The molecule has 1 unspecified atom stereocenters. The van der Waals surface area contributed by atoms with Crippen LogP contribution < -0.4 is 5.32 Å². The fraction of sp³-hybridized carbons (Fsp3) is 0.500. The average molecular weight is 290 g/mol. The number of benzene rings is 1. The van der Waals surface area contributed by atoms with Gasteiger partial charge in [0, 0.05) is 17.6 Å². The summed E-state index contributed by atoms with van der Waals surface area (Å²) in [5.41, 5.74) is 1.18. The Morgan fingerprint density at radius 1 is 1.29 bits per heavy atom. The Bertz CT molecular complexity index is 549. The molecular weight excluding hydrogens is 268 g/mol. The number of nitrogens with zero attached hydrogens (tertiary/aromatic N) is 1. The number of amides is 2. The van der Waals surface area contributed by atoms with Gasteiger partial charge in [0.05, 0.1) is 19.1 Å². The summed E-state index contributed by atoms with van der Waals surface area (Å²) in [5, 5.41) is 13.2. The first-order valence-corrected chi connectivity index (χ1v) is 7.13. The first kappa shape index (κ1) is 15.7. The molecule has 0 radical (unpaired) electrons. The van der Waals surface area contributed by atoms with Gasteiger partial charge in [0.1, 0.15) is 0 Å². The van der Waals surface area contributed by atoms with E-state index in [2.05, 4.69) is 5.32 Å². The molecule has 21 heavy (non-hydrogen) atoms. The number of aliphatic hydroxyl groups excluding tert-OH is 1. The minimum Gasteiger partial charge on any atom is -0.390 e. The van der Waals surface area contributed by atoms with Crippen LogP contribution in [0.25, 0.3) is 0 Å². The van der Waals surface area contributed by atoms with Crippen molar-refractivity contribution in [3.8, 4) is 0 Å². The first-order valence-electron chi connectivity index (χ1n) is 7.13. The van der Waals surface area contributed by atoms with Crippen LogP contribution in [-0.4, -0.2) is 46.6 Å². The van der Waals surface area contributed by atoms with Crippen molar-refractivity contribution >= 4 is 11.8 Å². The fourth-order valence-corrected chi connectivity index (χ4v) is 2.28. The van der Waals surface area contributed by atoms with Crippen LogP contribution in [0.5, 0.6) is 0 Å². The first-order chi connectivity index (χ1) is 9.78. The summed E-state index contributed by atoms with van der Waals surface area (Å²) in [5.74, 6) is -0.579. The summed E-state index contributed by atoms with van der Waals surface area (Å²) in [4.78, 5) is 25.6. The average Bonchev–Trinajstić information content (AvgIpc) is 2.40. The van der Waals surface area contributed by atoms with E-state index >= 15 is 0 Å². The van der Waals surface area contributed by atoms with E-state index in [9.17, 15) is 14.7 Å². The second-order valence-corrected chi connectivity index (χ2v) is 6.43. The lowest BCUT2D eigenvalue weighted by Crippen LogP contribution is -2.49. The maximum absolute atomic E-state index is 12.3. The molecule has 1 aliphatic heterocycles. The van der Waals surface area contributed by atoms with Crippen LogP contribution in [0.4, 0.5) is 0 Å². The van der Waals surface area contributed by atoms with E-state index in [1.807, 2.05) is 26.8 Å². The Labute approximate surface area is 125 Å². The van der Waals surface area contributed by atoms with E-state index in [1.165, 1.54) is 0 Å². The number of aliphatic hydroxyl groups is 1. The zero-order valence-corrected chi connectivity index (χ0v) is 12.7. The fourth-order valence-electron chi connectivity index (χ4n) is 2.28. The highest BCUT2D eigenvalue weighted by Crippen LogP contribution is 2.19. The maximum atomic E-state index is 12.3. The van der Waals surface area contributed by atoms with Gasteiger partial charge in [0.25, 0.3) is 5.91 Å². The summed E-state index contributed by atoms with van der Waals surface area (Å²) in [6.45, 7) is 6.34. The Kier molecular flexibility index (Phi) is 4.44. The number of β-amino-alcohol motifs (C(OH)–C–C–N with tert-alkyl or cyclic N) is 1. The van der Waals surface area contributed by atoms with Crippen LogP contribution >= 0.6 is 0 Å². The molecule has 5 heteroatoms. The molecule has 2 rings (SSSR count). The Morgan fingerprint density at radius 3 is 2.62 bits per heavy atom. The van der Waals surface area contributed by atoms with Crippen molar-refractivity contribution < 1.29 is 14.7 Å². The van der Waals surface area contributed by atoms with E-state index in [0.717, 1.165) is 10.5 Å². The molecule has 1 aromatic rings. The van der Waals surface area contributed by atoms with Crippen molar-refractivity contribution in [2.75, 3.05) is 13.1 Å². The number of hydrogen-bond acceptors (Lipinski definition) is 4. The third-order valence-corrected chi connectivity index (χ3v) is 3.40. The molecule has 1 heterocycles. The minimum absolute atomic E-state index is 0.0229. The molecule has 0 saturated heterocycles. The van der Waals surface area contributed by atoms with Gasteiger partial charge in [-0.2, -0.15) is 0 Å². The molecule has 2 N–H and O–H groups in total. The highest BCUT2D eigenvalue weighted by Gasteiger charge is 2.31. The number of fused-ring (bicyclic) bond motifs is 1. The van der Waals surface area contributed by atoms with E-state index in [0.29, 0.717) is 12.1 Å². The molecule has 114 valence electrons. The van der Waals surface area contributed by atoms with Crippen LogP contribution in [0.2, 0.25) is 0 Å². The van der Waals surface area contributed by atoms with Crippen molar-refractivity contribution in [1.82, 2.24) is 10.2 Å². The number of hydrogen-bond donors (Lipinski definition) is 2. The number of carbonyl (C=O) groups is 2. The molecule has 5 nitrogen and oxygen atoms in total. The van der Waals surface area contributed by atoms with E-state index in [1.54, 1.807) is 18.2 Å². The Morgan fingerprint density at radius 2 is 1.95 bits per heavy atom. The van der Waals surface area contributed by atoms with Gasteiger partial charge in [-0.1, -0.05) is 18.2 Å². The smallest absolute Gasteiger partial charge is 0.260 e. The summed E-state index contributed by atoms with van der Waals surface area (Å²) < 4.78 is 0. The van der Waals surface area contributed by atoms with Gasteiger partial charge in [-0.25, -0.2) is 0 Å². The number of carbonyl (C=O) groups excluding carboxylic acids is 2. The molecule has 0 aromatic heterocycles. The molecule has 0 bridgehead atoms. The van der Waals surface area contributed by atoms with Crippen LogP contribution in [0, 0.1) is 0 Å². The molecule has 1 aromatic carbocycles. The molecule has 0 aliphatic carbocycles. The normalized spacial score (nSPS) is 16.9.